The largest absolute Gasteiger partial charge is 0.421 e. The summed E-state index contributed by atoms with van der Waals surface area (Å²) in [5.74, 6) is 0.947. The van der Waals surface area contributed by atoms with Crippen molar-refractivity contribution >= 4 is 0 Å². The van der Waals surface area contributed by atoms with Crippen LogP contribution in [0.4, 0.5) is 0 Å². The van der Waals surface area contributed by atoms with Crippen molar-refractivity contribution in [3.63, 3.8) is 0 Å². The molecule has 0 aliphatic carbocycles. The van der Waals surface area contributed by atoms with Crippen molar-refractivity contribution in [2.45, 2.75) is 32.4 Å². The lowest BCUT2D eigenvalue weighted by Gasteiger charge is -2.03. The second kappa shape index (κ2) is 4.34. The molecule has 1 heterocycles. The Morgan fingerprint density at radius 3 is 2.62 bits per heavy atom. The van der Waals surface area contributed by atoms with Crippen molar-refractivity contribution in [3.8, 4) is 0 Å². The zero-order valence-electron chi connectivity index (χ0n) is 8.15. The van der Waals surface area contributed by atoms with Crippen LogP contribution in [0.5, 0.6) is 0 Å². The molecular weight excluding hydrogens is 170 g/mol. The van der Waals surface area contributed by atoms with Crippen molar-refractivity contribution in [1.82, 2.24) is 10.2 Å². The molecule has 0 spiro atoms. The minimum atomic E-state index is -0.176. The van der Waals surface area contributed by atoms with Crippen LogP contribution in [0.1, 0.15) is 44.2 Å². The van der Waals surface area contributed by atoms with Crippen LogP contribution in [0.25, 0.3) is 0 Å². The Morgan fingerprint density at radius 2 is 2.08 bits per heavy atom. The molecule has 74 valence electrons. The highest BCUT2D eigenvalue weighted by atomic mass is 16.5. The lowest BCUT2D eigenvalue weighted by Crippen LogP contribution is -2.08. The number of ether oxygens (including phenoxy) is 1. The van der Waals surface area contributed by atoms with E-state index in [9.17, 15) is 0 Å². The van der Waals surface area contributed by atoms with E-state index in [4.69, 9.17) is 14.9 Å². The maximum Gasteiger partial charge on any atom is 0.244 e. The second-order valence-electron chi connectivity index (χ2n) is 2.87. The molecule has 2 N–H and O–H groups in total. The normalized spacial score (nSPS) is 15.7. The molecule has 0 saturated carbocycles. The summed E-state index contributed by atoms with van der Waals surface area (Å²) in [4.78, 5) is 0. The zero-order valence-corrected chi connectivity index (χ0v) is 8.15. The van der Waals surface area contributed by atoms with E-state index >= 15 is 0 Å². The van der Waals surface area contributed by atoms with Gasteiger partial charge in [0.05, 0.1) is 6.04 Å². The molecule has 1 aromatic rings. The van der Waals surface area contributed by atoms with Gasteiger partial charge < -0.3 is 14.9 Å². The van der Waals surface area contributed by atoms with E-state index in [0.29, 0.717) is 11.8 Å². The fourth-order valence-electron chi connectivity index (χ4n) is 0.836. The van der Waals surface area contributed by atoms with Gasteiger partial charge in [-0.1, -0.05) is 6.92 Å². The highest BCUT2D eigenvalue weighted by Crippen LogP contribution is 2.17. The van der Waals surface area contributed by atoms with Gasteiger partial charge in [-0.25, -0.2) is 0 Å². The van der Waals surface area contributed by atoms with E-state index < -0.39 is 0 Å². The maximum absolute atomic E-state index is 5.71. The highest BCUT2D eigenvalue weighted by molar-refractivity contribution is 4.89. The van der Waals surface area contributed by atoms with Gasteiger partial charge in [0, 0.05) is 7.11 Å². The first-order chi connectivity index (χ1) is 6.19. The second-order valence-corrected chi connectivity index (χ2v) is 2.87. The zero-order chi connectivity index (χ0) is 9.84. The molecule has 0 amide bonds. The Balaban J connectivity index is 2.74. The van der Waals surface area contributed by atoms with Crippen LogP contribution in [0.3, 0.4) is 0 Å². The average Bonchev–Trinajstić information content (AvgIpc) is 2.64. The van der Waals surface area contributed by atoms with E-state index in [1.807, 2.05) is 13.8 Å². The third-order valence-corrected chi connectivity index (χ3v) is 1.91. The summed E-state index contributed by atoms with van der Waals surface area (Å²) < 4.78 is 10.3. The SMILES string of the molecule is CCC(N)c1nnc(C(C)OC)o1. The average molecular weight is 185 g/mol. The fraction of sp³-hybridized carbons (Fsp3) is 0.750. The molecule has 0 aromatic carbocycles. The van der Waals surface area contributed by atoms with Crippen molar-refractivity contribution in [3.05, 3.63) is 11.8 Å². The van der Waals surface area contributed by atoms with E-state index in [0.717, 1.165) is 6.42 Å². The number of hydrogen-bond acceptors (Lipinski definition) is 5. The number of aromatic nitrogens is 2. The van der Waals surface area contributed by atoms with E-state index in [1.54, 1.807) is 7.11 Å². The number of hydrogen-bond donors (Lipinski definition) is 1. The third-order valence-electron chi connectivity index (χ3n) is 1.91. The summed E-state index contributed by atoms with van der Waals surface area (Å²) >= 11 is 0. The van der Waals surface area contributed by atoms with Gasteiger partial charge in [-0.15, -0.1) is 10.2 Å². The monoisotopic (exact) mass is 185 g/mol. The van der Waals surface area contributed by atoms with E-state index in [-0.39, 0.29) is 12.1 Å². The molecule has 1 aromatic heterocycles. The van der Waals surface area contributed by atoms with Crippen molar-refractivity contribution < 1.29 is 9.15 Å². The predicted octanol–water partition coefficient (Wildman–Crippen LogP) is 1.19. The lowest BCUT2D eigenvalue weighted by atomic mass is 10.2. The summed E-state index contributed by atoms with van der Waals surface area (Å²) in [5, 5.41) is 7.67. The Morgan fingerprint density at radius 1 is 1.46 bits per heavy atom. The number of rotatable bonds is 4. The van der Waals surface area contributed by atoms with Crippen molar-refractivity contribution in [2.24, 2.45) is 5.73 Å². The minimum Gasteiger partial charge on any atom is -0.421 e. The number of nitrogens with two attached hydrogens (primary N) is 1. The van der Waals surface area contributed by atoms with Gasteiger partial charge in [0.15, 0.2) is 0 Å². The summed E-state index contributed by atoms with van der Waals surface area (Å²) in [6.07, 6.45) is 0.605. The van der Waals surface area contributed by atoms with Crippen LogP contribution in [0, 0.1) is 0 Å². The molecule has 0 aliphatic heterocycles. The van der Waals surface area contributed by atoms with Gasteiger partial charge in [-0.2, -0.15) is 0 Å². The summed E-state index contributed by atoms with van der Waals surface area (Å²) in [6, 6.07) is -0.176. The molecule has 13 heavy (non-hydrogen) atoms. The van der Waals surface area contributed by atoms with Crippen LogP contribution in [-0.2, 0) is 4.74 Å². The van der Waals surface area contributed by atoms with Crippen LogP contribution in [0.2, 0.25) is 0 Å². The Bertz CT molecular complexity index is 237. The molecule has 0 fully saturated rings. The molecule has 0 radical (unpaired) electrons. The van der Waals surface area contributed by atoms with E-state index in [1.165, 1.54) is 0 Å². The molecule has 0 saturated heterocycles. The molecular formula is C8H15N3O2. The van der Waals surface area contributed by atoms with Crippen LogP contribution in [0.15, 0.2) is 4.42 Å². The first-order valence-electron chi connectivity index (χ1n) is 4.30. The predicted molar refractivity (Wildman–Crippen MR) is 46.9 cm³/mol. The topological polar surface area (TPSA) is 74.2 Å². The summed E-state index contributed by atoms with van der Waals surface area (Å²) in [6.45, 7) is 3.81. The third kappa shape index (κ3) is 2.26. The molecule has 2 atom stereocenters. The van der Waals surface area contributed by atoms with Gasteiger partial charge in [-0.3, -0.25) is 0 Å². The van der Waals surface area contributed by atoms with Gasteiger partial charge in [0.2, 0.25) is 11.8 Å². The Kier molecular flexibility index (Phi) is 3.39. The Labute approximate surface area is 77.3 Å². The van der Waals surface area contributed by atoms with Crippen molar-refractivity contribution in [2.75, 3.05) is 7.11 Å². The van der Waals surface area contributed by atoms with Gasteiger partial charge in [0.1, 0.15) is 6.10 Å². The summed E-state index contributed by atoms with van der Waals surface area (Å²) in [5.41, 5.74) is 5.71. The van der Waals surface area contributed by atoms with Crippen molar-refractivity contribution in [1.29, 1.82) is 0 Å². The standard InChI is InChI=1S/C8H15N3O2/c1-4-6(9)8-11-10-7(13-8)5(2)12-3/h5-6H,4,9H2,1-3H3. The summed E-state index contributed by atoms with van der Waals surface area (Å²) in [7, 11) is 1.59. The van der Waals surface area contributed by atoms with Crippen LogP contribution in [-0.4, -0.2) is 17.3 Å². The fourth-order valence-corrected chi connectivity index (χ4v) is 0.836. The maximum atomic E-state index is 5.71. The highest BCUT2D eigenvalue weighted by Gasteiger charge is 2.16. The first kappa shape index (κ1) is 10.1. The van der Waals surface area contributed by atoms with Crippen LogP contribution < -0.4 is 5.73 Å². The molecule has 0 aliphatic rings. The molecule has 2 unspecified atom stereocenters. The Hall–Kier alpha value is -0.940. The minimum absolute atomic E-state index is 0.176. The number of nitrogens with zero attached hydrogens (tertiary/aromatic N) is 2. The number of methoxy groups -OCH3 is 1. The molecule has 0 bridgehead atoms. The lowest BCUT2D eigenvalue weighted by molar-refractivity contribution is 0.0931. The molecule has 5 heteroatoms. The first-order valence-corrected chi connectivity index (χ1v) is 4.30. The van der Waals surface area contributed by atoms with Gasteiger partial charge >= 0.3 is 0 Å². The quantitative estimate of drug-likeness (QED) is 0.762. The van der Waals surface area contributed by atoms with Gasteiger partial charge in [0.25, 0.3) is 0 Å². The molecule has 1 rings (SSSR count). The van der Waals surface area contributed by atoms with Gasteiger partial charge in [-0.05, 0) is 13.3 Å². The molecule has 5 nitrogen and oxygen atoms in total. The van der Waals surface area contributed by atoms with E-state index in [2.05, 4.69) is 10.2 Å². The van der Waals surface area contributed by atoms with Crippen LogP contribution >= 0.6 is 0 Å². The smallest absolute Gasteiger partial charge is 0.244 e.